The average molecular weight is 310 g/mol. The minimum atomic E-state index is -4.14. The van der Waals surface area contributed by atoms with Gasteiger partial charge in [-0.05, 0) is 23.8 Å². The molecule has 7 heteroatoms. The first-order chi connectivity index (χ1) is 9.94. The molecule has 0 saturated carbocycles. The molecule has 1 atom stereocenters. The van der Waals surface area contributed by atoms with E-state index in [1.807, 2.05) is 0 Å². The first-order valence-corrected chi connectivity index (χ1v) is 7.65. The lowest BCUT2D eigenvalue weighted by molar-refractivity contribution is 0.258. The molecule has 2 rings (SSSR count). The van der Waals surface area contributed by atoms with Gasteiger partial charge in [0.1, 0.15) is 10.7 Å². The second-order valence-electron chi connectivity index (χ2n) is 4.46. The van der Waals surface area contributed by atoms with Crippen LogP contribution in [-0.4, -0.2) is 20.1 Å². The lowest BCUT2D eigenvalue weighted by Gasteiger charge is -2.17. The summed E-state index contributed by atoms with van der Waals surface area (Å²) in [6, 6.07) is 11.0. The SMILES string of the molecule is Nc1ccc(F)c(S(=O)(=O)NC(CO)c2ccccc2)c1. The molecule has 0 bridgehead atoms. The predicted octanol–water partition coefficient (Wildman–Crippen LogP) is 1.42. The fourth-order valence-electron chi connectivity index (χ4n) is 1.87. The molecule has 21 heavy (non-hydrogen) atoms. The molecule has 2 aromatic carbocycles. The molecule has 0 aromatic heterocycles. The van der Waals surface area contributed by atoms with Gasteiger partial charge in [-0.1, -0.05) is 30.3 Å². The molecule has 4 N–H and O–H groups in total. The van der Waals surface area contributed by atoms with Crippen molar-refractivity contribution in [2.24, 2.45) is 0 Å². The Kier molecular flexibility index (Phi) is 4.56. The van der Waals surface area contributed by atoms with E-state index in [1.54, 1.807) is 30.3 Å². The molecule has 1 unspecified atom stereocenters. The Balaban J connectivity index is 2.34. The van der Waals surface area contributed by atoms with Crippen LogP contribution >= 0.6 is 0 Å². The molecule has 0 aliphatic carbocycles. The van der Waals surface area contributed by atoms with E-state index in [2.05, 4.69) is 4.72 Å². The van der Waals surface area contributed by atoms with Gasteiger partial charge in [0.15, 0.2) is 0 Å². The summed E-state index contributed by atoms with van der Waals surface area (Å²) in [5, 5.41) is 9.37. The van der Waals surface area contributed by atoms with Crippen LogP contribution < -0.4 is 10.5 Å². The van der Waals surface area contributed by atoms with Gasteiger partial charge in [-0.15, -0.1) is 0 Å². The highest BCUT2D eigenvalue weighted by atomic mass is 32.2. The summed E-state index contributed by atoms with van der Waals surface area (Å²) in [5.74, 6) is -0.901. The van der Waals surface area contributed by atoms with E-state index in [-0.39, 0.29) is 5.69 Å². The highest BCUT2D eigenvalue weighted by Crippen LogP contribution is 2.21. The Labute approximate surface area is 122 Å². The number of benzene rings is 2. The van der Waals surface area contributed by atoms with Crippen LogP contribution in [0.5, 0.6) is 0 Å². The van der Waals surface area contributed by atoms with E-state index in [1.165, 1.54) is 6.07 Å². The third-order valence-corrected chi connectivity index (χ3v) is 4.41. The lowest BCUT2D eigenvalue weighted by Crippen LogP contribution is -2.31. The molecule has 0 saturated heterocycles. The first kappa shape index (κ1) is 15.4. The Morgan fingerprint density at radius 1 is 1.19 bits per heavy atom. The highest BCUT2D eigenvalue weighted by Gasteiger charge is 2.24. The number of hydrogen-bond acceptors (Lipinski definition) is 4. The van der Waals surface area contributed by atoms with Crippen LogP contribution in [0.15, 0.2) is 53.4 Å². The molecule has 0 aliphatic rings. The van der Waals surface area contributed by atoms with E-state index < -0.39 is 33.4 Å². The van der Waals surface area contributed by atoms with Crippen LogP contribution in [0, 0.1) is 5.82 Å². The zero-order valence-electron chi connectivity index (χ0n) is 11.0. The Hall–Kier alpha value is -1.96. The second kappa shape index (κ2) is 6.21. The van der Waals surface area contributed by atoms with Crippen molar-refractivity contribution in [2.75, 3.05) is 12.3 Å². The molecule has 5 nitrogen and oxygen atoms in total. The van der Waals surface area contributed by atoms with Crippen molar-refractivity contribution in [2.45, 2.75) is 10.9 Å². The highest BCUT2D eigenvalue weighted by molar-refractivity contribution is 7.89. The number of nitrogen functional groups attached to an aromatic ring is 1. The van der Waals surface area contributed by atoms with Crippen LogP contribution in [0.25, 0.3) is 0 Å². The van der Waals surface area contributed by atoms with Gasteiger partial charge in [-0.25, -0.2) is 17.5 Å². The third kappa shape index (κ3) is 3.57. The number of anilines is 1. The van der Waals surface area contributed by atoms with Crippen LogP contribution in [0.2, 0.25) is 0 Å². The summed E-state index contributed by atoms with van der Waals surface area (Å²) < 4.78 is 40.4. The number of halogens is 1. The quantitative estimate of drug-likeness (QED) is 0.728. The molecule has 0 heterocycles. The van der Waals surface area contributed by atoms with Crippen LogP contribution in [0.1, 0.15) is 11.6 Å². The largest absolute Gasteiger partial charge is 0.399 e. The van der Waals surface area contributed by atoms with E-state index >= 15 is 0 Å². The smallest absolute Gasteiger partial charge is 0.244 e. The molecule has 0 spiro atoms. The Morgan fingerprint density at radius 2 is 1.86 bits per heavy atom. The summed E-state index contributed by atoms with van der Waals surface area (Å²) in [7, 11) is -4.14. The Bertz CT molecular complexity index is 720. The zero-order valence-corrected chi connectivity index (χ0v) is 11.8. The maximum absolute atomic E-state index is 13.7. The molecular formula is C14H15FN2O3S. The van der Waals surface area contributed by atoms with Gasteiger partial charge in [0.25, 0.3) is 0 Å². The summed E-state index contributed by atoms with van der Waals surface area (Å²) in [5.41, 5.74) is 6.20. The fraction of sp³-hybridized carbons (Fsp3) is 0.143. The van der Waals surface area contributed by atoms with Crippen LogP contribution in [0.3, 0.4) is 0 Å². The maximum atomic E-state index is 13.7. The zero-order chi connectivity index (χ0) is 15.5. The molecule has 0 amide bonds. The lowest BCUT2D eigenvalue weighted by atomic mass is 10.1. The van der Waals surface area contributed by atoms with Crippen molar-refractivity contribution in [3.63, 3.8) is 0 Å². The number of aliphatic hydroxyl groups is 1. The van der Waals surface area contributed by atoms with Gasteiger partial charge in [0, 0.05) is 5.69 Å². The minimum Gasteiger partial charge on any atom is -0.399 e. The topological polar surface area (TPSA) is 92.4 Å². The van der Waals surface area contributed by atoms with Crippen molar-refractivity contribution < 1.29 is 17.9 Å². The number of hydrogen-bond donors (Lipinski definition) is 3. The first-order valence-electron chi connectivity index (χ1n) is 6.17. The van der Waals surface area contributed by atoms with E-state index in [4.69, 9.17) is 5.73 Å². The molecule has 0 fully saturated rings. The fourth-order valence-corrected chi connectivity index (χ4v) is 3.20. The summed E-state index contributed by atoms with van der Waals surface area (Å²) in [6.07, 6.45) is 0. The van der Waals surface area contributed by atoms with E-state index in [0.717, 1.165) is 12.1 Å². The molecule has 2 aromatic rings. The number of rotatable bonds is 5. The normalized spacial score (nSPS) is 13.0. The van der Waals surface area contributed by atoms with Gasteiger partial charge in [0.05, 0.1) is 12.6 Å². The van der Waals surface area contributed by atoms with E-state index in [0.29, 0.717) is 5.56 Å². The number of sulfonamides is 1. The van der Waals surface area contributed by atoms with Crippen molar-refractivity contribution >= 4 is 15.7 Å². The van der Waals surface area contributed by atoms with Crippen LogP contribution in [-0.2, 0) is 10.0 Å². The number of aliphatic hydroxyl groups excluding tert-OH is 1. The summed E-state index contributed by atoms with van der Waals surface area (Å²) in [6.45, 7) is -0.451. The molecule has 112 valence electrons. The Morgan fingerprint density at radius 3 is 2.48 bits per heavy atom. The van der Waals surface area contributed by atoms with Crippen molar-refractivity contribution in [1.82, 2.24) is 4.72 Å². The average Bonchev–Trinajstić information content (AvgIpc) is 2.48. The summed E-state index contributed by atoms with van der Waals surface area (Å²) >= 11 is 0. The van der Waals surface area contributed by atoms with E-state index in [9.17, 15) is 17.9 Å². The molecule has 0 aliphatic heterocycles. The van der Waals surface area contributed by atoms with Crippen molar-refractivity contribution in [3.05, 3.63) is 59.9 Å². The molecular weight excluding hydrogens is 295 g/mol. The van der Waals surface area contributed by atoms with Crippen LogP contribution in [0.4, 0.5) is 10.1 Å². The minimum absolute atomic E-state index is 0.136. The summed E-state index contributed by atoms with van der Waals surface area (Å²) in [4.78, 5) is -0.545. The van der Waals surface area contributed by atoms with Crippen molar-refractivity contribution in [3.8, 4) is 0 Å². The number of nitrogens with two attached hydrogens (primary N) is 1. The van der Waals surface area contributed by atoms with Gasteiger partial charge >= 0.3 is 0 Å². The van der Waals surface area contributed by atoms with Gasteiger partial charge in [-0.3, -0.25) is 0 Å². The van der Waals surface area contributed by atoms with Gasteiger partial charge in [-0.2, -0.15) is 0 Å². The maximum Gasteiger partial charge on any atom is 0.244 e. The number of nitrogens with one attached hydrogen (secondary N) is 1. The predicted molar refractivity (Wildman–Crippen MR) is 77.4 cm³/mol. The van der Waals surface area contributed by atoms with Gasteiger partial charge in [0.2, 0.25) is 10.0 Å². The standard InChI is InChI=1S/C14H15FN2O3S/c15-12-7-6-11(16)8-14(12)21(19,20)17-13(9-18)10-4-2-1-3-5-10/h1-8,13,17-18H,9,16H2. The van der Waals surface area contributed by atoms with Gasteiger partial charge < -0.3 is 10.8 Å². The monoisotopic (exact) mass is 310 g/mol. The molecule has 0 radical (unpaired) electrons. The van der Waals surface area contributed by atoms with Crippen molar-refractivity contribution in [1.29, 1.82) is 0 Å². The third-order valence-electron chi connectivity index (χ3n) is 2.93. The second-order valence-corrected chi connectivity index (χ2v) is 6.14.